The van der Waals surface area contributed by atoms with Gasteiger partial charge in [0.25, 0.3) is 5.88 Å². The zero-order valence-electron chi connectivity index (χ0n) is 17.8. The third kappa shape index (κ3) is 4.09. The molecule has 0 radical (unpaired) electrons. The first-order valence-corrected chi connectivity index (χ1v) is 9.86. The van der Waals surface area contributed by atoms with Gasteiger partial charge in [-0.15, -0.1) is 0 Å². The van der Waals surface area contributed by atoms with Crippen molar-refractivity contribution in [3.05, 3.63) is 82.5 Å². The first-order chi connectivity index (χ1) is 15.0. The minimum atomic E-state index is 0.167. The Balaban J connectivity index is 1.77. The standard InChI is InChI=1S/C24H22N6O/c1-15-10-16(2)22(17(3)11-15)23-19(14-30(29-23)20-8-6-5-7-9-20)13-26-28-24-21(12-25)27-18(4)31-24/h5-11,13-14,28H,1-4H3. The Morgan fingerprint density at radius 3 is 2.48 bits per heavy atom. The molecule has 0 amide bonds. The average molecular weight is 410 g/mol. The number of hydrogen-bond acceptors (Lipinski definition) is 6. The summed E-state index contributed by atoms with van der Waals surface area (Å²) >= 11 is 0. The smallest absolute Gasteiger partial charge is 0.252 e. The Labute approximate surface area is 180 Å². The first-order valence-electron chi connectivity index (χ1n) is 9.86. The van der Waals surface area contributed by atoms with E-state index < -0.39 is 0 Å². The summed E-state index contributed by atoms with van der Waals surface area (Å²) in [6.45, 7) is 7.95. The Kier molecular flexibility index (Phi) is 5.37. The Morgan fingerprint density at radius 1 is 1.10 bits per heavy atom. The van der Waals surface area contributed by atoms with E-state index in [0.717, 1.165) is 33.6 Å². The van der Waals surface area contributed by atoms with E-state index in [0.29, 0.717) is 5.89 Å². The molecule has 0 aliphatic carbocycles. The molecule has 2 heterocycles. The van der Waals surface area contributed by atoms with Crippen molar-refractivity contribution in [1.29, 1.82) is 5.26 Å². The van der Waals surface area contributed by atoms with Crippen molar-refractivity contribution < 1.29 is 4.42 Å². The van der Waals surface area contributed by atoms with Crippen molar-refractivity contribution in [2.45, 2.75) is 27.7 Å². The van der Waals surface area contributed by atoms with Crippen LogP contribution in [-0.4, -0.2) is 21.0 Å². The molecule has 7 nitrogen and oxygen atoms in total. The van der Waals surface area contributed by atoms with Gasteiger partial charge < -0.3 is 4.42 Å². The molecular formula is C24H22N6O. The lowest BCUT2D eigenvalue weighted by molar-refractivity contribution is 0.533. The van der Waals surface area contributed by atoms with E-state index in [1.165, 1.54) is 5.56 Å². The van der Waals surface area contributed by atoms with Gasteiger partial charge in [-0.25, -0.2) is 15.1 Å². The van der Waals surface area contributed by atoms with Crippen molar-refractivity contribution in [2.75, 3.05) is 5.43 Å². The molecule has 0 saturated heterocycles. The lowest BCUT2D eigenvalue weighted by Gasteiger charge is -2.10. The highest BCUT2D eigenvalue weighted by molar-refractivity contribution is 5.90. The van der Waals surface area contributed by atoms with Crippen molar-refractivity contribution in [3.63, 3.8) is 0 Å². The van der Waals surface area contributed by atoms with E-state index in [4.69, 9.17) is 9.52 Å². The predicted octanol–water partition coefficient (Wildman–Crippen LogP) is 5.08. The van der Waals surface area contributed by atoms with Crippen LogP contribution in [0.15, 0.2) is 58.2 Å². The number of para-hydroxylation sites is 1. The number of anilines is 1. The average Bonchev–Trinajstić information content (AvgIpc) is 3.31. The molecule has 2 aromatic carbocycles. The van der Waals surface area contributed by atoms with Gasteiger partial charge in [0.2, 0.25) is 5.69 Å². The molecule has 0 unspecified atom stereocenters. The largest absolute Gasteiger partial charge is 0.422 e. The minimum Gasteiger partial charge on any atom is -0.422 e. The lowest BCUT2D eigenvalue weighted by atomic mass is 9.96. The van der Waals surface area contributed by atoms with Gasteiger partial charge in [0, 0.05) is 24.2 Å². The third-order valence-corrected chi connectivity index (χ3v) is 4.89. The summed E-state index contributed by atoms with van der Waals surface area (Å²) in [5.74, 6) is 0.619. The molecule has 0 fully saturated rings. The third-order valence-electron chi connectivity index (χ3n) is 4.89. The molecule has 0 aliphatic heterocycles. The number of nitrogens with one attached hydrogen (secondary N) is 1. The second kappa shape index (κ2) is 8.28. The van der Waals surface area contributed by atoms with Crippen molar-refractivity contribution in [3.8, 4) is 23.0 Å². The SMILES string of the molecule is Cc1cc(C)c(-c2nn(-c3ccccc3)cc2C=NNc2oc(C)nc2C#N)c(C)c1. The number of hydrogen-bond donors (Lipinski definition) is 1. The van der Waals surface area contributed by atoms with Gasteiger partial charge >= 0.3 is 0 Å². The number of rotatable bonds is 5. The van der Waals surface area contributed by atoms with Crippen LogP contribution in [0.25, 0.3) is 16.9 Å². The summed E-state index contributed by atoms with van der Waals surface area (Å²) in [5, 5.41) is 18.3. The molecule has 0 atom stereocenters. The zero-order chi connectivity index (χ0) is 22.0. The molecule has 2 aromatic heterocycles. The van der Waals surface area contributed by atoms with Gasteiger partial charge in [-0.3, -0.25) is 0 Å². The summed E-state index contributed by atoms with van der Waals surface area (Å²) < 4.78 is 7.25. The molecule has 0 spiro atoms. The fourth-order valence-electron chi connectivity index (χ4n) is 3.68. The van der Waals surface area contributed by atoms with Crippen LogP contribution in [0.5, 0.6) is 0 Å². The van der Waals surface area contributed by atoms with Gasteiger partial charge in [-0.1, -0.05) is 35.9 Å². The quantitative estimate of drug-likeness (QED) is 0.366. The monoisotopic (exact) mass is 410 g/mol. The summed E-state index contributed by atoms with van der Waals surface area (Å²) in [6, 6.07) is 16.2. The molecule has 4 rings (SSSR count). The summed E-state index contributed by atoms with van der Waals surface area (Å²) in [5.41, 5.74) is 10.2. The molecule has 154 valence electrons. The number of nitrogens with zero attached hydrogens (tertiary/aromatic N) is 5. The van der Waals surface area contributed by atoms with E-state index in [1.807, 2.05) is 47.3 Å². The van der Waals surface area contributed by atoms with Crippen LogP contribution in [0.2, 0.25) is 0 Å². The van der Waals surface area contributed by atoms with Crippen LogP contribution in [0.4, 0.5) is 5.88 Å². The number of nitriles is 1. The van der Waals surface area contributed by atoms with Gasteiger partial charge in [0.1, 0.15) is 11.8 Å². The molecule has 7 heteroatoms. The van der Waals surface area contributed by atoms with E-state index >= 15 is 0 Å². The van der Waals surface area contributed by atoms with Gasteiger partial charge in [-0.05, 0) is 44.0 Å². The Bertz CT molecular complexity index is 1280. The van der Waals surface area contributed by atoms with Crippen molar-refractivity contribution in [2.24, 2.45) is 5.10 Å². The first kappa shape index (κ1) is 20.1. The summed E-state index contributed by atoms with van der Waals surface area (Å²) in [4.78, 5) is 4.01. The van der Waals surface area contributed by atoms with Crippen LogP contribution in [0, 0.1) is 39.0 Å². The number of aromatic nitrogens is 3. The molecule has 1 N–H and O–H groups in total. The van der Waals surface area contributed by atoms with Gasteiger partial charge in [0.15, 0.2) is 5.89 Å². The minimum absolute atomic E-state index is 0.167. The van der Waals surface area contributed by atoms with Crippen LogP contribution in [0.3, 0.4) is 0 Å². The second-order valence-electron chi connectivity index (χ2n) is 7.38. The topological polar surface area (TPSA) is 92.0 Å². The predicted molar refractivity (Wildman–Crippen MR) is 120 cm³/mol. The Hall–Kier alpha value is -4.18. The molecule has 0 saturated carbocycles. The fraction of sp³-hybridized carbons (Fsp3) is 0.167. The maximum atomic E-state index is 9.18. The summed E-state index contributed by atoms with van der Waals surface area (Å²) in [6.07, 6.45) is 3.62. The highest BCUT2D eigenvalue weighted by Gasteiger charge is 2.16. The van der Waals surface area contributed by atoms with Crippen LogP contribution in [0.1, 0.15) is 33.8 Å². The molecule has 0 aliphatic rings. The number of oxazole rings is 1. The number of aryl methyl sites for hydroxylation is 4. The van der Waals surface area contributed by atoms with Crippen LogP contribution >= 0.6 is 0 Å². The van der Waals surface area contributed by atoms with Crippen molar-refractivity contribution in [1.82, 2.24) is 14.8 Å². The van der Waals surface area contributed by atoms with E-state index in [2.05, 4.69) is 48.4 Å². The molecule has 4 aromatic rings. The number of benzene rings is 2. The maximum Gasteiger partial charge on any atom is 0.252 e. The van der Waals surface area contributed by atoms with Crippen molar-refractivity contribution >= 4 is 12.1 Å². The molecule has 31 heavy (non-hydrogen) atoms. The lowest BCUT2D eigenvalue weighted by Crippen LogP contribution is -1.97. The summed E-state index contributed by atoms with van der Waals surface area (Å²) in [7, 11) is 0. The molecule has 0 bridgehead atoms. The maximum absolute atomic E-state index is 9.18. The van der Waals surface area contributed by atoms with Crippen LogP contribution in [-0.2, 0) is 0 Å². The molecular weight excluding hydrogens is 388 g/mol. The van der Waals surface area contributed by atoms with Gasteiger partial charge in [-0.2, -0.15) is 15.5 Å². The fourth-order valence-corrected chi connectivity index (χ4v) is 3.68. The van der Waals surface area contributed by atoms with Crippen LogP contribution < -0.4 is 5.43 Å². The Morgan fingerprint density at radius 2 is 1.81 bits per heavy atom. The van der Waals surface area contributed by atoms with E-state index in [9.17, 15) is 5.26 Å². The van der Waals surface area contributed by atoms with E-state index in [-0.39, 0.29) is 11.6 Å². The second-order valence-corrected chi connectivity index (χ2v) is 7.38. The van der Waals surface area contributed by atoms with Gasteiger partial charge in [0.05, 0.1) is 11.9 Å². The zero-order valence-corrected chi connectivity index (χ0v) is 17.8. The highest BCUT2D eigenvalue weighted by atomic mass is 16.4. The normalized spacial score (nSPS) is 11.1. The number of hydrazone groups is 1. The van der Waals surface area contributed by atoms with E-state index in [1.54, 1.807) is 13.1 Å². The highest BCUT2D eigenvalue weighted by Crippen LogP contribution is 2.30.